The molecule has 0 atom stereocenters. The van der Waals surface area contributed by atoms with Crippen molar-refractivity contribution in [1.82, 2.24) is 0 Å². The van der Waals surface area contributed by atoms with Crippen LogP contribution in [0.25, 0.3) is 33.4 Å². The standard InChI is InChI=1S/C39H31N/c1-39(2)34-20-11-9-19-33(34)38-35(39)21-13-23-37(38)40(31-26-24-29(25-27-31)28-14-5-3-6-15-28)36-22-12-10-18-32(36)30-16-7-4-8-17-30/h3-27H,1-2H3. The predicted octanol–water partition coefficient (Wildman–Crippen LogP) is 10.8. The van der Waals surface area contributed by atoms with E-state index in [1.807, 2.05) is 0 Å². The third kappa shape index (κ3) is 3.94. The summed E-state index contributed by atoms with van der Waals surface area (Å²) in [6, 6.07) is 54.8. The van der Waals surface area contributed by atoms with E-state index >= 15 is 0 Å². The highest BCUT2D eigenvalue weighted by Crippen LogP contribution is 2.54. The summed E-state index contributed by atoms with van der Waals surface area (Å²) < 4.78 is 0. The van der Waals surface area contributed by atoms with Gasteiger partial charge in [-0.15, -0.1) is 0 Å². The lowest BCUT2D eigenvalue weighted by Crippen LogP contribution is -2.16. The van der Waals surface area contributed by atoms with E-state index in [4.69, 9.17) is 0 Å². The first-order chi connectivity index (χ1) is 19.6. The van der Waals surface area contributed by atoms with E-state index in [9.17, 15) is 0 Å². The molecule has 0 heterocycles. The number of hydrogen-bond acceptors (Lipinski definition) is 1. The Labute approximate surface area is 237 Å². The Morgan fingerprint density at radius 3 is 1.65 bits per heavy atom. The molecule has 1 nitrogen and oxygen atoms in total. The van der Waals surface area contributed by atoms with Crippen LogP contribution < -0.4 is 4.90 Å². The molecule has 0 bridgehead atoms. The molecule has 0 spiro atoms. The van der Waals surface area contributed by atoms with Crippen LogP contribution in [0.1, 0.15) is 25.0 Å². The van der Waals surface area contributed by atoms with Crippen molar-refractivity contribution in [3.63, 3.8) is 0 Å². The van der Waals surface area contributed by atoms with Crippen LogP contribution in [0, 0.1) is 0 Å². The van der Waals surface area contributed by atoms with Gasteiger partial charge in [-0.3, -0.25) is 0 Å². The summed E-state index contributed by atoms with van der Waals surface area (Å²) >= 11 is 0. The average molecular weight is 514 g/mol. The molecular formula is C39H31N. The maximum Gasteiger partial charge on any atom is 0.0543 e. The van der Waals surface area contributed by atoms with Crippen molar-refractivity contribution in [3.05, 3.63) is 163 Å². The van der Waals surface area contributed by atoms with Crippen LogP contribution in [-0.4, -0.2) is 0 Å². The van der Waals surface area contributed by atoms with Gasteiger partial charge < -0.3 is 4.90 Å². The zero-order chi connectivity index (χ0) is 27.1. The van der Waals surface area contributed by atoms with E-state index in [0.717, 1.165) is 11.4 Å². The van der Waals surface area contributed by atoms with Gasteiger partial charge in [0.2, 0.25) is 0 Å². The number of rotatable bonds is 5. The van der Waals surface area contributed by atoms with Crippen molar-refractivity contribution in [2.24, 2.45) is 0 Å². The van der Waals surface area contributed by atoms with Crippen LogP contribution >= 0.6 is 0 Å². The van der Waals surface area contributed by atoms with Gasteiger partial charge in [-0.2, -0.15) is 0 Å². The Hall–Kier alpha value is -4.88. The minimum Gasteiger partial charge on any atom is -0.309 e. The fourth-order valence-corrected chi connectivity index (χ4v) is 6.29. The molecule has 0 aromatic heterocycles. The molecule has 0 fully saturated rings. The number of fused-ring (bicyclic) bond motifs is 3. The van der Waals surface area contributed by atoms with Crippen molar-refractivity contribution in [2.45, 2.75) is 19.3 Å². The Morgan fingerprint density at radius 1 is 0.400 bits per heavy atom. The molecule has 6 aromatic rings. The average Bonchev–Trinajstić information content (AvgIpc) is 3.26. The highest BCUT2D eigenvalue weighted by atomic mass is 15.1. The van der Waals surface area contributed by atoms with Gasteiger partial charge in [0.1, 0.15) is 0 Å². The first-order valence-electron chi connectivity index (χ1n) is 14.0. The van der Waals surface area contributed by atoms with Gasteiger partial charge in [-0.05, 0) is 57.6 Å². The highest BCUT2D eigenvalue weighted by molar-refractivity contribution is 5.97. The summed E-state index contributed by atoms with van der Waals surface area (Å²) in [5.74, 6) is 0. The van der Waals surface area contributed by atoms with Crippen LogP contribution in [0.3, 0.4) is 0 Å². The van der Waals surface area contributed by atoms with Crippen LogP contribution in [0.15, 0.2) is 152 Å². The van der Waals surface area contributed by atoms with E-state index in [-0.39, 0.29) is 5.41 Å². The second-order valence-electron chi connectivity index (χ2n) is 11.0. The summed E-state index contributed by atoms with van der Waals surface area (Å²) in [6.45, 7) is 4.69. The summed E-state index contributed by atoms with van der Waals surface area (Å²) in [7, 11) is 0. The van der Waals surface area contributed by atoms with Gasteiger partial charge in [0, 0.05) is 22.2 Å². The normalized spacial score (nSPS) is 12.9. The third-order valence-electron chi connectivity index (χ3n) is 8.29. The first-order valence-corrected chi connectivity index (χ1v) is 14.0. The predicted molar refractivity (Wildman–Crippen MR) is 170 cm³/mol. The number of para-hydroxylation sites is 1. The van der Waals surface area contributed by atoms with Crippen molar-refractivity contribution < 1.29 is 0 Å². The topological polar surface area (TPSA) is 3.24 Å². The second kappa shape index (κ2) is 9.70. The molecule has 6 aromatic carbocycles. The molecule has 1 heteroatoms. The lowest BCUT2D eigenvalue weighted by Gasteiger charge is -2.30. The van der Waals surface area contributed by atoms with Crippen molar-refractivity contribution >= 4 is 17.1 Å². The lowest BCUT2D eigenvalue weighted by atomic mass is 9.82. The smallest absolute Gasteiger partial charge is 0.0543 e. The van der Waals surface area contributed by atoms with Crippen LogP contribution in [-0.2, 0) is 5.41 Å². The lowest BCUT2D eigenvalue weighted by molar-refractivity contribution is 0.660. The van der Waals surface area contributed by atoms with Gasteiger partial charge >= 0.3 is 0 Å². The summed E-state index contributed by atoms with van der Waals surface area (Å²) in [5.41, 5.74) is 13.7. The maximum atomic E-state index is 2.45. The van der Waals surface area contributed by atoms with Gasteiger partial charge in [0.15, 0.2) is 0 Å². The molecule has 0 aliphatic heterocycles. The minimum atomic E-state index is -0.0658. The molecule has 0 N–H and O–H groups in total. The maximum absolute atomic E-state index is 2.45. The van der Waals surface area contributed by atoms with Crippen molar-refractivity contribution in [2.75, 3.05) is 4.90 Å². The SMILES string of the molecule is CC1(C)c2ccccc2-c2c(N(c3ccc(-c4ccccc4)cc3)c3ccccc3-c3ccccc3)cccc21. The largest absolute Gasteiger partial charge is 0.309 e. The molecule has 1 aliphatic carbocycles. The fraction of sp³-hybridized carbons (Fsp3) is 0.0769. The van der Waals surface area contributed by atoms with Gasteiger partial charge in [0.25, 0.3) is 0 Å². The van der Waals surface area contributed by atoms with E-state index in [0.29, 0.717) is 0 Å². The number of nitrogens with zero attached hydrogens (tertiary/aromatic N) is 1. The van der Waals surface area contributed by atoms with Crippen LogP contribution in [0.4, 0.5) is 17.1 Å². The van der Waals surface area contributed by atoms with E-state index in [2.05, 4.69) is 170 Å². The monoisotopic (exact) mass is 513 g/mol. The highest BCUT2D eigenvalue weighted by Gasteiger charge is 2.37. The molecule has 192 valence electrons. The van der Waals surface area contributed by atoms with Crippen molar-refractivity contribution in [1.29, 1.82) is 0 Å². The number of anilines is 3. The molecule has 7 rings (SSSR count). The Kier molecular flexibility index (Phi) is 5.86. The number of hydrogen-bond donors (Lipinski definition) is 0. The Bertz CT molecular complexity index is 1800. The van der Waals surface area contributed by atoms with Gasteiger partial charge in [0.05, 0.1) is 11.4 Å². The van der Waals surface area contributed by atoms with E-state index < -0.39 is 0 Å². The first kappa shape index (κ1) is 24.2. The van der Waals surface area contributed by atoms with Gasteiger partial charge in [-0.25, -0.2) is 0 Å². The third-order valence-corrected chi connectivity index (χ3v) is 8.29. The summed E-state index contributed by atoms with van der Waals surface area (Å²) in [5, 5.41) is 0. The van der Waals surface area contributed by atoms with Crippen molar-refractivity contribution in [3.8, 4) is 33.4 Å². The second-order valence-corrected chi connectivity index (χ2v) is 11.0. The molecule has 0 radical (unpaired) electrons. The molecule has 0 amide bonds. The van der Waals surface area contributed by atoms with Gasteiger partial charge in [-0.1, -0.05) is 141 Å². The summed E-state index contributed by atoms with van der Waals surface area (Å²) in [6.07, 6.45) is 0. The van der Waals surface area contributed by atoms with Crippen LogP contribution in [0.5, 0.6) is 0 Å². The zero-order valence-electron chi connectivity index (χ0n) is 22.9. The minimum absolute atomic E-state index is 0.0658. The fourth-order valence-electron chi connectivity index (χ4n) is 6.29. The molecular weight excluding hydrogens is 482 g/mol. The molecule has 40 heavy (non-hydrogen) atoms. The Morgan fingerprint density at radius 2 is 0.925 bits per heavy atom. The van der Waals surface area contributed by atoms with E-state index in [1.165, 1.54) is 50.2 Å². The molecule has 0 saturated carbocycles. The molecule has 0 unspecified atom stereocenters. The Balaban J connectivity index is 1.48. The zero-order valence-corrected chi connectivity index (χ0v) is 22.9. The number of benzene rings is 6. The van der Waals surface area contributed by atoms with Crippen LogP contribution in [0.2, 0.25) is 0 Å². The molecule has 1 aliphatic rings. The summed E-state index contributed by atoms with van der Waals surface area (Å²) in [4.78, 5) is 2.45. The quantitative estimate of drug-likeness (QED) is 0.222. The van der Waals surface area contributed by atoms with E-state index in [1.54, 1.807) is 0 Å². The molecule has 0 saturated heterocycles.